The molecule has 256 valence electrons. The second-order valence-electron chi connectivity index (χ2n) is 9.70. The van der Waals surface area contributed by atoms with Crippen molar-refractivity contribution in [1.29, 1.82) is 0 Å². The van der Waals surface area contributed by atoms with Crippen LogP contribution in [0.1, 0.15) is 16.8 Å². The number of aromatic nitrogens is 1. The van der Waals surface area contributed by atoms with E-state index in [1.54, 1.807) is 0 Å². The number of hydrogen-bond acceptors (Lipinski definition) is 17. The number of nitro groups is 2. The largest absolute Gasteiger partial charge is 0.458 e. The molecule has 0 spiro atoms. The number of nitrogens with two attached hydrogens (primary N) is 2. The molecule has 49 heavy (non-hydrogen) atoms. The highest BCUT2D eigenvalue weighted by atomic mass is 32.1. The lowest BCUT2D eigenvalue weighted by molar-refractivity contribution is -0.385. The summed E-state index contributed by atoms with van der Waals surface area (Å²) in [5.74, 6) is -5.28. The molecule has 0 bridgehead atoms. The lowest BCUT2D eigenvalue weighted by Gasteiger charge is -2.37. The van der Waals surface area contributed by atoms with Gasteiger partial charge in [0.05, 0.1) is 9.85 Å². The zero-order valence-corrected chi connectivity index (χ0v) is 25.5. The fourth-order valence-electron chi connectivity index (χ4n) is 3.82. The fraction of sp³-hybridized carbons (Fsp3) is 0.222. The number of thiazole rings is 1. The summed E-state index contributed by atoms with van der Waals surface area (Å²) in [6, 6.07) is 8.78. The molecule has 21 nitrogen and oxygen atoms in total. The zero-order valence-electron chi connectivity index (χ0n) is 24.7. The normalized spacial score (nSPS) is 15.9. The van der Waals surface area contributed by atoms with Gasteiger partial charge in [0.2, 0.25) is 18.6 Å². The number of hydrogen-bond donors (Lipinski definition) is 4. The van der Waals surface area contributed by atoms with Crippen LogP contribution in [-0.2, 0) is 56.2 Å². The number of nitrogen functional groups attached to an aromatic ring is 1. The van der Waals surface area contributed by atoms with Gasteiger partial charge in [-0.15, -0.1) is 11.3 Å². The first-order valence-electron chi connectivity index (χ1n) is 13.6. The van der Waals surface area contributed by atoms with E-state index >= 15 is 0 Å². The minimum Gasteiger partial charge on any atom is -0.458 e. The van der Waals surface area contributed by atoms with Gasteiger partial charge in [0.15, 0.2) is 23.1 Å². The molecule has 1 aliphatic heterocycles. The van der Waals surface area contributed by atoms with E-state index in [0.29, 0.717) is 11.1 Å². The number of amides is 3. The highest BCUT2D eigenvalue weighted by Crippen LogP contribution is 2.17. The average Bonchev–Trinajstić information content (AvgIpc) is 3.50. The van der Waals surface area contributed by atoms with Crippen molar-refractivity contribution in [3.63, 3.8) is 0 Å². The third kappa shape index (κ3) is 9.49. The maximum atomic E-state index is 13.2. The number of nitrogens with one attached hydrogen (secondary N) is 2. The van der Waals surface area contributed by atoms with Crippen LogP contribution in [0.4, 0.5) is 16.5 Å². The molecule has 0 saturated carbocycles. The number of oxime groups is 1. The van der Waals surface area contributed by atoms with Crippen LogP contribution in [-0.4, -0.2) is 75.2 Å². The smallest absolute Gasteiger partial charge is 0.347 e. The van der Waals surface area contributed by atoms with Crippen molar-refractivity contribution in [2.75, 3.05) is 12.3 Å². The van der Waals surface area contributed by atoms with Gasteiger partial charge in [-0.05, 0) is 35.4 Å². The Kier molecular flexibility index (Phi) is 11.4. The van der Waals surface area contributed by atoms with Crippen molar-refractivity contribution in [3.05, 3.63) is 91.0 Å². The minimum atomic E-state index is -2.03. The molecular weight excluding hydrogens is 676 g/mol. The third-order valence-corrected chi connectivity index (χ3v) is 6.98. The number of rotatable bonds is 16. The Morgan fingerprint density at radius 3 is 2.04 bits per heavy atom. The highest BCUT2D eigenvalue weighted by molar-refractivity contribution is 7.13. The Labute approximate surface area is 277 Å². The lowest BCUT2D eigenvalue weighted by Crippen LogP contribution is -2.71. The van der Waals surface area contributed by atoms with Crippen LogP contribution >= 0.6 is 11.3 Å². The Morgan fingerprint density at radius 2 is 1.55 bits per heavy atom. The van der Waals surface area contributed by atoms with Crippen molar-refractivity contribution in [1.82, 2.24) is 15.6 Å². The maximum absolute atomic E-state index is 13.2. The predicted molar refractivity (Wildman–Crippen MR) is 163 cm³/mol. The van der Waals surface area contributed by atoms with E-state index < -0.39 is 76.8 Å². The SMILES string of the molecule is NC(=O)C(O[C@@H]1NC(=O)[C@H]1NC(=O)/C(=N\OCC(=O)OCc1ccc([N+](=O)[O-])cc1)c1csc(N)n1)C(=O)OCc1ccc([N+](=O)[O-])cc1. The summed E-state index contributed by atoms with van der Waals surface area (Å²) < 4.78 is 15.4. The molecule has 6 N–H and O–H groups in total. The number of primary amides is 1. The van der Waals surface area contributed by atoms with E-state index in [0.717, 1.165) is 11.3 Å². The Bertz CT molecular complexity index is 1800. The molecule has 22 heteroatoms. The van der Waals surface area contributed by atoms with Crippen molar-refractivity contribution < 1.29 is 52.9 Å². The molecule has 0 aliphatic carbocycles. The molecule has 1 unspecified atom stereocenters. The molecule has 2 aromatic carbocycles. The number of benzene rings is 2. The van der Waals surface area contributed by atoms with Crippen LogP contribution in [0.2, 0.25) is 0 Å². The Morgan fingerprint density at radius 1 is 0.980 bits per heavy atom. The molecule has 1 saturated heterocycles. The standard InChI is InChI=1S/C27H24N8O13S/c28-22(37)21(26(40)46-10-14-3-7-16(8-4-14)35(43)44)48-25-20(24(39)32-25)31-23(38)19(17-12-49-27(29)30-17)33-47-11-18(36)45-9-13-1-5-15(6-2-13)34(41)42/h1-8,12,20-21,25H,9-11H2,(H2,28,37)(H2,29,30)(H,31,38)(H,32,39)/b33-19-/t20-,21?,25+/m1/s1. The van der Waals surface area contributed by atoms with Crippen LogP contribution in [0, 0.1) is 20.2 Å². The van der Waals surface area contributed by atoms with Crippen LogP contribution in [0.25, 0.3) is 0 Å². The first kappa shape index (κ1) is 35.3. The van der Waals surface area contributed by atoms with Crippen LogP contribution in [0.5, 0.6) is 0 Å². The summed E-state index contributed by atoms with van der Waals surface area (Å²) in [6.07, 6.45) is -3.48. The van der Waals surface area contributed by atoms with E-state index in [2.05, 4.69) is 20.8 Å². The number of nitro benzene ring substituents is 2. The number of carbonyl (C=O) groups excluding carboxylic acids is 5. The van der Waals surface area contributed by atoms with Crippen molar-refractivity contribution in [2.24, 2.45) is 10.9 Å². The summed E-state index contributed by atoms with van der Waals surface area (Å²) in [5.41, 5.74) is 10.8. The van der Waals surface area contributed by atoms with Gasteiger partial charge in [0, 0.05) is 29.6 Å². The Balaban J connectivity index is 1.35. The molecule has 2 heterocycles. The van der Waals surface area contributed by atoms with Gasteiger partial charge in [-0.25, -0.2) is 14.6 Å². The third-order valence-electron chi connectivity index (χ3n) is 6.30. The molecule has 4 rings (SSSR count). The number of anilines is 1. The van der Waals surface area contributed by atoms with Gasteiger partial charge >= 0.3 is 11.9 Å². The number of β-lactam (4-membered cyclic amide) rings is 1. The molecule has 1 aromatic heterocycles. The molecule has 1 aliphatic rings. The van der Waals surface area contributed by atoms with Gasteiger partial charge in [-0.3, -0.25) is 34.6 Å². The fourth-order valence-corrected chi connectivity index (χ4v) is 4.37. The summed E-state index contributed by atoms with van der Waals surface area (Å²) in [7, 11) is 0. The average molecular weight is 701 g/mol. The van der Waals surface area contributed by atoms with Gasteiger partial charge < -0.3 is 41.1 Å². The maximum Gasteiger partial charge on any atom is 0.347 e. The van der Waals surface area contributed by atoms with Crippen molar-refractivity contribution >= 4 is 63.2 Å². The van der Waals surface area contributed by atoms with E-state index in [9.17, 15) is 44.2 Å². The summed E-state index contributed by atoms with van der Waals surface area (Å²) in [4.78, 5) is 91.5. The minimum absolute atomic E-state index is 0.0390. The molecule has 1 fully saturated rings. The predicted octanol–water partition coefficient (Wildman–Crippen LogP) is -0.440. The van der Waals surface area contributed by atoms with Gasteiger partial charge in [-0.1, -0.05) is 5.16 Å². The van der Waals surface area contributed by atoms with Crippen LogP contribution < -0.4 is 22.1 Å². The topological polar surface area (TPSA) is 310 Å². The van der Waals surface area contributed by atoms with Crippen LogP contribution in [0.15, 0.2) is 59.1 Å². The molecule has 3 atom stereocenters. The summed E-state index contributed by atoms with van der Waals surface area (Å²) >= 11 is 0.938. The summed E-state index contributed by atoms with van der Waals surface area (Å²) in [5, 5.41) is 31.1. The monoisotopic (exact) mass is 700 g/mol. The van der Waals surface area contributed by atoms with Gasteiger partial charge in [-0.2, -0.15) is 0 Å². The molecule has 0 radical (unpaired) electrons. The van der Waals surface area contributed by atoms with E-state index in [1.165, 1.54) is 53.9 Å². The van der Waals surface area contributed by atoms with Crippen molar-refractivity contribution in [2.45, 2.75) is 31.6 Å². The van der Waals surface area contributed by atoms with Crippen molar-refractivity contribution in [3.8, 4) is 0 Å². The number of non-ortho nitro benzene ring substituents is 2. The van der Waals surface area contributed by atoms with Gasteiger partial charge in [0.1, 0.15) is 18.9 Å². The number of nitrogens with zero attached hydrogens (tertiary/aromatic N) is 4. The Hall–Kier alpha value is -6.55. The van der Waals surface area contributed by atoms with E-state index in [4.69, 9.17) is 30.5 Å². The highest BCUT2D eigenvalue weighted by Gasteiger charge is 2.46. The first-order valence-corrected chi connectivity index (χ1v) is 14.5. The zero-order chi connectivity index (χ0) is 35.7. The molecular formula is C27H24N8O13S. The second kappa shape index (κ2) is 15.8. The molecule has 3 amide bonds. The second-order valence-corrected chi connectivity index (χ2v) is 10.6. The quantitative estimate of drug-likeness (QED) is 0.0368. The van der Waals surface area contributed by atoms with E-state index in [-0.39, 0.29) is 28.8 Å². The lowest BCUT2D eigenvalue weighted by atomic mass is 10.1. The number of ether oxygens (including phenoxy) is 3. The van der Waals surface area contributed by atoms with E-state index in [1.807, 2.05) is 0 Å². The summed E-state index contributed by atoms with van der Waals surface area (Å²) in [6.45, 7) is -1.42. The van der Waals surface area contributed by atoms with Gasteiger partial charge in [0.25, 0.3) is 23.2 Å². The number of carbonyl (C=O) groups is 5. The number of esters is 2. The molecule has 3 aromatic rings. The first-order chi connectivity index (χ1) is 23.3. The van der Waals surface area contributed by atoms with Crippen LogP contribution in [0.3, 0.4) is 0 Å².